The molecule has 0 amide bonds. The largest absolute Gasteiger partial charge is 0.430 e. The van der Waals surface area contributed by atoms with E-state index in [1.807, 2.05) is 18.2 Å². The minimum absolute atomic E-state index is 0.105. The number of ether oxygens (including phenoxy) is 2. The summed E-state index contributed by atoms with van der Waals surface area (Å²) in [5, 5.41) is 0. The van der Waals surface area contributed by atoms with Crippen molar-refractivity contribution >= 4 is 12.0 Å². The number of rotatable bonds is 5. The fraction of sp³-hybridized carbons (Fsp3) is 0.500. The van der Waals surface area contributed by atoms with Crippen molar-refractivity contribution in [1.82, 2.24) is 9.88 Å². The molecule has 1 aromatic heterocycles. The van der Waals surface area contributed by atoms with E-state index in [-0.39, 0.29) is 18.1 Å². The first-order valence-corrected chi connectivity index (χ1v) is 12.3. The van der Waals surface area contributed by atoms with Gasteiger partial charge >= 0.3 is 5.97 Å². The van der Waals surface area contributed by atoms with Gasteiger partial charge in [0.25, 0.3) is 0 Å². The first-order chi connectivity index (χ1) is 16.0. The van der Waals surface area contributed by atoms with Crippen LogP contribution in [0.5, 0.6) is 0 Å². The first-order valence-electron chi connectivity index (χ1n) is 12.3. The molecule has 2 aliphatic heterocycles. The number of cyclic esters (lactones) is 1. The average molecular weight is 447 g/mol. The Kier molecular flexibility index (Phi) is 6.35. The zero-order chi connectivity index (χ0) is 22.9. The fourth-order valence-corrected chi connectivity index (χ4v) is 5.72. The summed E-state index contributed by atoms with van der Waals surface area (Å²) >= 11 is 0. The SMILES string of the molecule is CC(C)[C@@H]1CC[C@@H](C)C[C@H]1O[C@@H]1OC(=O)C2=Cc3ncccc3CN(Cc3ccccc3)[C@H]21. The van der Waals surface area contributed by atoms with Gasteiger partial charge in [-0.25, -0.2) is 4.79 Å². The third-order valence-corrected chi connectivity index (χ3v) is 7.52. The fourth-order valence-electron chi connectivity index (χ4n) is 5.72. The molecular weight excluding hydrogens is 412 g/mol. The molecule has 0 unspecified atom stereocenters. The predicted octanol–water partition coefficient (Wildman–Crippen LogP) is 5.21. The van der Waals surface area contributed by atoms with E-state index >= 15 is 0 Å². The van der Waals surface area contributed by atoms with Crippen LogP contribution >= 0.6 is 0 Å². The summed E-state index contributed by atoms with van der Waals surface area (Å²) in [7, 11) is 0. The van der Waals surface area contributed by atoms with Gasteiger partial charge in [0.05, 0.1) is 17.4 Å². The summed E-state index contributed by atoms with van der Waals surface area (Å²) in [5.74, 6) is 1.37. The zero-order valence-corrected chi connectivity index (χ0v) is 19.8. The Morgan fingerprint density at radius 1 is 1.15 bits per heavy atom. The Morgan fingerprint density at radius 2 is 1.97 bits per heavy atom. The van der Waals surface area contributed by atoms with Gasteiger partial charge in [0, 0.05) is 19.3 Å². The predicted molar refractivity (Wildman–Crippen MR) is 128 cm³/mol. The van der Waals surface area contributed by atoms with Crippen LogP contribution in [0.3, 0.4) is 0 Å². The van der Waals surface area contributed by atoms with Crippen molar-refractivity contribution < 1.29 is 14.3 Å². The van der Waals surface area contributed by atoms with Crippen LogP contribution in [0.25, 0.3) is 6.08 Å². The maximum Gasteiger partial charge on any atom is 0.338 e. The Balaban J connectivity index is 1.48. The number of carbonyl (C=O) groups is 1. The molecule has 1 aliphatic carbocycles. The Hall–Kier alpha value is -2.50. The van der Waals surface area contributed by atoms with Crippen LogP contribution in [-0.2, 0) is 27.4 Å². The molecule has 1 aromatic carbocycles. The molecule has 0 N–H and O–H groups in total. The molecule has 0 bridgehead atoms. The van der Waals surface area contributed by atoms with Crippen LogP contribution in [0.4, 0.5) is 0 Å². The van der Waals surface area contributed by atoms with Gasteiger partial charge in [-0.2, -0.15) is 0 Å². The lowest BCUT2D eigenvalue weighted by molar-refractivity contribution is -0.199. The van der Waals surface area contributed by atoms with Gasteiger partial charge < -0.3 is 9.47 Å². The van der Waals surface area contributed by atoms with Gasteiger partial charge in [0.15, 0.2) is 0 Å². The Bertz CT molecular complexity index is 1020. The molecule has 3 aliphatic rings. The number of esters is 1. The molecule has 1 saturated heterocycles. The minimum atomic E-state index is -0.599. The highest BCUT2D eigenvalue weighted by Crippen LogP contribution is 2.40. The van der Waals surface area contributed by atoms with Crippen molar-refractivity contribution in [2.75, 3.05) is 0 Å². The lowest BCUT2D eigenvalue weighted by atomic mass is 9.75. The van der Waals surface area contributed by atoms with Gasteiger partial charge in [-0.15, -0.1) is 0 Å². The third-order valence-electron chi connectivity index (χ3n) is 7.52. The first kappa shape index (κ1) is 22.3. The smallest absolute Gasteiger partial charge is 0.338 e. The van der Waals surface area contributed by atoms with E-state index in [1.165, 1.54) is 18.4 Å². The number of hydrogen-bond donors (Lipinski definition) is 0. The van der Waals surface area contributed by atoms with Gasteiger partial charge in [-0.3, -0.25) is 9.88 Å². The molecule has 1 saturated carbocycles. The van der Waals surface area contributed by atoms with E-state index in [4.69, 9.17) is 9.47 Å². The van der Waals surface area contributed by atoms with E-state index in [0.29, 0.717) is 36.4 Å². The molecule has 5 heteroatoms. The molecule has 5 atom stereocenters. The van der Waals surface area contributed by atoms with Gasteiger partial charge in [-0.1, -0.05) is 63.6 Å². The van der Waals surface area contributed by atoms with Crippen LogP contribution in [-0.4, -0.2) is 34.3 Å². The molecule has 5 nitrogen and oxygen atoms in total. The Labute approximate surface area is 196 Å². The number of benzene rings is 1. The molecule has 2 fully saturated rings. The van der Waals surface area contributed by atoms with E-state index in [9.17, 15) is 4.79 Å². The monoisotopic (exact) mass is 446 g/mol. The van der Waals surface area contributed by atoms with E-state index < -0.39 is 6.29 Å². The highest BCUT2D eigenvalue weighted by molar-refractivity contribution is 5.97. The second kappa shape index (κ2) is 9.40. The van der Waals surface area contributed by atoms with Gasteiger partial charge in [-0.05, 0) is 53.9 Å². The number of nitrogens with zero attached hydrogens (tertiary/aromatic N) is 2. The maximum atomic E-state index is 13.1. The lowest BCUT2D eigenvalue weighted by Crippen LogP contribution is -2.45. The summed E-state index contributed by atoms with van der Waals surface area (Å²) in [4.78, 5) is 19.9. The number of pyridine rings is 1. The second-order valence-electron chi connectivity index (χ2n) is 10.3. The molecule has 5 rings (SSSR count). The third kappa shape index (κ3) is 4.62. The standard InChI is InChI=1S/C28H34N2O3/c1-18(2)22-12-11-19(3)14-25(22)32-28-26-23(27(31)33-28)15-24-21(10-7-13-29-24)17-30(26)16-20-8-5-4-6-9-20/h4-10,13,15,18-19,22,25-26,28H,11-12,14,16-17H2,1-3H3/t19-,22+,25-,26-,28-/m1/s1. The van der Waals surface area contributed by atoms with Gasteiger partial charge in [0.2, 0.25) is 6.29 Å². The quantitative estimate of drug-likeness (QED) is 0.590. The number of aromatic nitrogens is 1. The van der Waals surface area contributed by atoms with E-state index in [0.717, 1.165) is 17.7 Å². The summed E-state index contributed by atoms with van der Waals surface area (Å²) in [6.07, 6.45) is 6.63. The van der Waals surface area contributed by atoms with Crippen LogP contribution in [0.2, 0.25) is 0 Å². The van der Waals surface area contributed by atoms with Crippen LogP contribution in [0.15, 0.2) is 54.2 Å². The van der Waals surface area contributed by atoms with Crippen molar-refractivity contribution in [3.8, 4) is 0 Å². The summed E-state index contributed by atoms with van der Waals surface area (Å²) in [6.45, 7) is 8.25. The minimum Gasteiger partial charge on any atom is -0.430 e. The summed E-state index contributed by atoms with van der Waals surface area (Å²) in [5.41, 5.74) is 3.82. The highest BCUT2D eigenvalue weighted by Gasteiger charge is 2.48. The topological polar surface area (TPSA) is 51.7 Å². The molecular formula is C28H34N2O3. The molecule has 3 heterocycles. The summed E-state index contributed by atoms with van der Waals surface area (Å²) in [6, 6.07) is 14.2. The van der Waals surface area contributed by atoms with Crippen LogP contribution < -0.4 is 0 Å². The van der Waals surface area contributed by atoms with Crippen LogP contribution in [0, 0.1) is 17.8 Å². The zero-order valence-electron chi connectivity index (χ0n) is 19.8. The molecule has 2 aromatic rings. The Morgan fingerprint density at radius 3 is 2.76 bits per heavy atom. The van der Waals surface area contributed by atoms with Crippen molar-refractivity contribution in [2.24, 2.45) is 17.8 Å². The normalized spacial score (nSPS) is 29.8. The lowest BCUT2D eigenvalue weighted by Gasteiger charge is -2.40. The molecule has 33 heavy (non-hydrogen) atoms. The molecule has 0 radical (unpaired) electrons. The average Bonchev–Trinajstić information content (AvgIpc) is 2.99. The van der Waals surface area contributed by atoms with Crippen molar-refractivity contribution in [1.29, 1.82) is 0 Å². The maximum absolute atomic E-state index is 13.1. The number of hydrogen-bond acceptors (Lipinski definition) is 5. The van der Waals surface area contributed by atoms with Crippen molar-refractivity contribution in [2.45, 2.75) is 71.6 Å². The number of carbonyl (C=O) groups excluding carboxylic acids is 1. The van der Waals surface area contributed by atoms with Crippen molar-refractivity contribution in [3.63, 3.8) is 0 Å². The van der Waals surface area contributed by atoms with Crippen molar-refractivity contribution in [3.05, 3.63) is 71.1 Å². The van der Waals surface area contributed by atoms with E-state index in [1.54, 1.807) is 6.20 Å². The highest BCUT2D eigenvalue weighted by atomic mass is 16.7. The van der Waals surface area contributed by atoms with Gasteiger partial charge in [0.1, 0.15) is 6.04 Å². The summed E-state index contributed by atoms with van der Waals surface area (Å²) < 4.78 is 12.6. The second-order valence-corrected chi connectivity index (χ2v) is 10.3. The molecule has 174 valence electrons. The number of fused-ring (bicyclic) bond motifs is 2. The van der Waals surface area contributed by atoms with Crippen LogP contribution in [0.1, 0.15) is 56.9 Å². The molecule has 0 spiro atoms. The van der Waals surface area contributed by atoms with E-state index in [2.05, 4.69) is 61.0 Å².